The molecule has 1 spiro atoms. The van der Waals surface area contributed by atoms with Gasteiger partial charge in [-0.05, 0) is 64.0 Å². The molecule has 220 valence electrons. The SMILES string of the molecule is CCCCN1C(=O)[C@@H]([C@H](O)C2CCCCC2)NC(=O)C12CCN(Cc1c(C)nn(-c3ccccn3)c1C)CC2.Cl. The zero-order valence-electron chi connectivity index (χ0n) is 24.1. The van der Waals surface area contributed by atoms with Gasteiger partial charge in [-0.25, -0.2) is 9.67 Å². The smallest absolute Gasteiger partial charge is 0.248 e. The molecule has 3 fully saturated rings. The van der Waals surface area contributed by atoms with Crippen LogP contribution in [0.2, 0.25) is 0 Å². The Hall–Kier alpha value is -2.49. The number of carbonyl (C=O) groups is 2. The fourth-order valence-electron chi connectivity index (χ4n) is 6.87. The van der Waals surface area contributed by atoms with E-state index in [2.05, 4.69) is 29.0 Å². The Labute approximate surface area is 244 Å². The van der Waals surface area contributed by atoms with E-state index in [-0.39, 0.29) is 30.1 Å². The zero-order valence-corrected chi connectivity index (χ0v) is 25.0. The summed E-state index contributed by atoms with van der Waals surface area (Å²) in [6.45, 7) is 8.95. The Bertz CT molecular complexity index is 1160. The van der Waals surface area contributed by atoms with Crippen LogP contribution in [0, 0.1) is 19.8 Å². The van der Waals surface area contributed by atoms with E-state index in [0.29, 0.717) is 32.5 Å². The van der Waals surface area contributed by atoms with Crippen molar-refractivity contribution >= 4 is 24.2 Å². The van der Waals surface area contributed by atoms with Gasteiger partial charge in [0.1, 0.15) is 11.6 Å². The van der Waals surface area contributed by atoms with Gasteiger partial charge in [-0.15, -0.1) is 12.4 Å². The highest BCUT2D eigenvalue weighted by Gasteiger charge is 2.55. The molecule has 2 aromatic heterocycles. The van der Waals surface area contributed by atoms with Gasteiger partial charge in [0.15, 0.2) is 5.82 Å². The Kier molecular flexibility index (Phi) is 9.90. The molecule has 40 heavy (non-hydrogen) atoms. The van der Waals surface area contributed by atoms with Crippen LogP contribution in [0.3, 0.4) is 0 Å². The fraction of sp³-hybridized carbons (Fsp3) is 0.667. The number of aryl methyl sites for hydroxylation is 1. The summed E-state index contributed by atoms with van der Waals surface area (Å²) in [4.78, 5) is 36.3. The predicted molar refractivity (Wildman–Crippen MR) is 156 cm³/mol. The second kappa shape index (κ2) is 13.0. The Morgan fingerprint density at radius 2 is 1.85 bits per heavy atom. The van der Waals surface area contributed by atoms with E-state index in [4.69, 9.17) is 5.10 Å². The number of aliphatic hydroxyl groups excluding tert-OH is 1. The van der Waals surface area contributed by atoms with Crippen molar-refractivity contribution < 1.29 is 14.7 Å². The number of rotatable bonds is 8. The van der Waals surface area contributed by atoms with Crippen molar-refractivity contribution in [2.75, 3.05) is 19.6 Å². The highest BCUT2D eigenvalue weighted by molar-refractivity contribution is 6.00. The number of hydrogen-bond acceptors (Lipinski definition) is 6. The van der Waals surface area contributed by atoms with Gasteiger partial charge in [0, 0.05) is 43.6 Å². The average molecular weight is 573 g/mol. The summed E-state index contributed by atoms with van der Waals surface area (Å²) in [6.07, 6.45) is 9.12. The molecule has 2 N–H and O–H groups in total. The van der Waals surface area contributed by atoms with E-state index in [1.54, 1.807) is 6.20 Å². The molecule has 2 aliphatic heterocycles. The number of nitrogens with zero attached hydrogens (tertiary/aromatic N) is 5. The van der Waals surface area contributed by atoms with E-state index in [1.165, 1.54) is 12.0 Å². The van der Waals surface area contributed by atoms with Gasteiger partial charge in [0.2, 0.25) is 11.8 Å². The van der Waals surface area contributed by atoms with Crippen molar-refractivity contribution in [3.63, 3.8) is 0 Å². The number of likely N-dealkylation sites (tertiary alicyclic amines) is 1. The highest BCUT2D eigenvalue weighted by atomic mass is 35.5. The normalized spacial score (nSPS) is 22.7. The first-order chi connectivity index (χ1) is 18.9. The largest absolute Gasteiger partial charge is 0.390 e. The van der Waals surface area contributed by atoms with Gasteiger partial charge < -0.3 is 15.3 Å². The molecule has 2 amide bonds. The molecule has 1 saturated carbocycles. The minimum atomic E-state index is -0.840. The first kappa shape index (κ1) is 30.5. The van der Waals surface area contributed by atoms with Crippen molar-refractivity contribution in [1.29, 1.82) is 0 Å². The van der Waals surface area contributed by atoms with E-state index in [9.17, 15) is 14.7 Å². The van der Waals surface area contributed by atoms with Crippen LogP contribution in [0.4, 0.5) is 0 Å². The average Bonchev–Trinajstić information content (AvgIpc) is 3.25. The number of halogens is 1. The molecule has 0 unspecified atom stereocenters. The first-order valence-corrected chi connectivity index (χ1v) is 14.8. The second-order valence-corrected chi connectivity index (χ2v) is 11.7. The molecule has 1 aliphatic carbocycles. The topological polar surface area (TPSA) is 104 Å². The Balaban J connectivity index is 0.00000370. The quantitative estimate of drug-likeness (QED) is 0.500. The maximum Gasteiger partial charge on any atom is 0.248 e. The summed E-state index contributed by atoms with van der Waals surface area (Å²) in [5.74, 6) is 0.692. The van der Waals surface area contributed by atoms with Crippen molar-refractivity contribution in [3.8, 4) is 5.82 Å². The van der Waals surface area contributed by atoms with Crippen LogP contribution in [-0.2, 0) is 16.1 Å². The standard InChI is InChI=1S/C30H44N6O3.ClH/c1-4-5-17-35-28(38)26(27(37)23-11-7-6-8-12-23)32-29(39)30(35)14-18-34(19-15-30)20-24-21(2)33-36(22(24)3)25-13-9-10-16-31-25;/h9-10,13,16,23,26-27,37H,4-8,11-12,14-15,17-20H2,1-3H3,(H,32,39);1H/t26-,27-;/m1./s1. The predicted octanol–water partition coefficient (Wildman–Crippen LogP) is 3.71. The van der Waals surface area contributed by atoms with Crippen LogP contribution in [0.5, 0.6) is 0 Å². The molecule has 0 radical (unpaired) electrons. The number of hydrogen-bond donors (Lipinski definition) is 2. The molecule has 10 heteroatoms. The fourth-order valence-corrected chi connectivity index (χ4v) is 6.87. The third-order valence-corrected chi connectivity index (χ3v) is 9.34. The Morgan fingerprint density at radius 3 is 2.50 bits per heavy atom. The minimum Gasteiger partial charge on any atom is -0.390 e. The van der Waals surface area contributed by atoms with E-state index in [0.717, 1.165) is 62.3 Å². The molecule has 4 heterocycles. The third kappa shape index (κ3) is 5.78. The summed E-state index contributed by atoms with van der Waals surface area (Å²) in [5.41, 5.74) is 2.39. The molecule has 0 aromatic carbocycles. The number of aliphatic hydroxyl groups is 1. The van der Waals surface area contributed by atoms with Crippen LogP contribution in [0.1, 0.15) is 81.7 Å². The van der Waals surface area contributed by atoms with Crippen molar-refractivity contribution in [1.82, 2.24) is 29.9 Å². The number of unbranched alkanes of at least 4 members (excludes halogenated alkanes) is 1. The number of amides is 2. The summed E-state index contributed by atoms with van der Waals surface area (Å²) in [6, 6.07) is 4.98. The van der Waals surface area contributed by atoms with Gasteiger partial charge >= 0.3 is 0 Å². The molecule has 5 rings (SSSR count). The molecular formula is C30H45ClN6O3. The third-order valence-electron chi connectivity index (χ3n) is 9.34. The van der Waals surface area contributed by atoms with Crippen molar-refractivity contribution in [2.45, 2.75) is 103 Å². The molecule has 0 bridgehead atoms. The van der Waals surface area contributed by atoms with Gasteiger partial charge in [0.05, 0.1) is 11.8 Å². The monoisotopic (exact) mass is 572 g/mol. The zero-order chi connectivity index (χ0) is 27.6. The van der Waals surface area contributed by atoms with Crippen molar-refractivity contribution in [2.24, 2.45) is 5.92 Å². The number of aromatic nitrogens is 3. The number of piperazine rings is 1. The molecule has 2 saturated heterocycles. The van der Waals surface area contributed by atoms with Gasteiger partial charge in [0.25, 0.3) is 0 Å². The van der Waals surface area contributed by atoms with Crippen LogP contribution in [-0.4, -0.2) is 78.8 Å². The van der Waals surface area contributed by atoms with E-state index in [1.807, 2.05) is 34.7 Å². The minimum absolute atomic E-state index is 0. The first-order valence-electron chi connectivity index (χ1n) is 14.8. The lowest BCUT2D eigenvalue weighted by Gasteiger charge is -2.52. The van der Waals surface area contributed by atoms with Crippen LogP contribution >= 0.6 is 12.4 Å². The van der Waals surface area contributed by atoms with Gasteiger partial charge in [-0.2, -0.15) is 5.10 Å². The molecule has 3 aliphatic rings. The molecule has 2 atom stereocenters. The molecular weight excluding hydrogens is 528 g/mol. The van der Waals surface area contributed by atoms with E-state index >= 15 is 0 Å². The van der Waals surface area contributed by atoms with Gasteiger partial charge in [-0.3, -0.25) is 14.5 Å². The molecule has 9 nitrogen and oxygen atoms in total. The number of pyridine rings is 1. The maximum absolute atomic E-state index is 13.9. The second-order valence-electron chi connectivity index (χ2n) is 11.7. The van der Waals surface area contributed by atoms with Crippen LogP contribution in [0.25, 0.3) is 5.82 Å². The van der Waals surface area contributed by atoms with Crippen LogP contribution < -0.4 is 5.32 Å². The number of nitrogens with one attached hydrogen (secondary N) is 1. The lowest BCUT2D eigenvalue weighted by Crippen LogP contribution is -2.75. The van der Waals surface area contributed by atoms with E-state index < -0.39 is 17.7 Å². The maximum atomic E-state index is 13.9. The number of piperidine rings is 1. The Morgan fingerprint density at radius 1 is 1.12 bits per heavy atom. The summed E-state index contributed by atoms with van der Waals surface area (Å²) in [5, 5.41) is 18.9. The summed E-state index contributed by atoms with van der Waals surface area (Å²) in [7, 11) is 0. The van der Waals surface area contributed by atoms with Crippen LogP contribution in [0.15, 0.2) is 24.4 Å². The number of carbonyl (C=O) groups excluding carboxylic acids is 2. The lowest BCUT2D eigenvalue weighted by molar-refractivity contribution is -0.166. The highest BCUT2D eigenvalue weighted by Crippen LogP contribution is 2.36. The summed E-state index contributed by atoms with van der Waals surface area (Å²) < 4.78 is 1.90. The van der Waals surface area contributed by atoms with Gasteiger partial charge in [-0.1, -0.05) is 38.7 Å². The van der Waals surface area contributed by atoms with Crippen molar-refractivity contribution in [3.05, 3.63) is 41.3 Å². The lowest BCUT2D eigenvalue weighted by atomic mass is 9.78. The molecule has 2 aromatic rings. The summed E-state index contributed by atoms with van der Waals surface area (Å²) >= 11 is 0.